The first kappa shape index (κ1) is 17.5. The summed E-state index contributed by atoms with van der Waals surface area (Å²) in [5, 5.41) is 36.2. The van der Waals surface area contributed by atoms with E-state index in [4.69, 9.17) is 4.84 Å². The van der Waals surface area contributed by atoms with E-state index in [0.717, 1.165) is 6.07 Å². The molecule has 0 saturated carbocycles. The number of pyridine rings is 1. The van der Waals surface area contributed by atoms with Crippen LogP contribution in [0.25, 0.3) is 0 Å². The normalized spacial score (nSPS) is 12.3. The highest BCUT2D eigenvalue weighted by Gasteiger charge is 2.26. The maximum atomic E-state index is 13.6. The largest absolute Gasteiger partial charge is 0.618 e. The van der Waals surface area contributed by atoms with Gasteiger partial charge in [0.25, 0.3) is 5.69 Å². The fourth-order valence-electron chi connectivity index (χ4n) is 1.97. The fraction of sp³-hybridized carbons (Fsp3) is 0.294. The zero-order valence-corrected chi connectivity index (χ0v) is 13.9. The third-order valence-electron chi connectivity index (χ3n) is 3.11. The molecule has 0 aliphatic carbocycles. The zero-order chi connectivity index (χ0) is 18.1. The molecule has 128 valence electrons. The molecule has 0 aliphatic rings. The Morgan fingerprint density at radius 3 is 2.50 bits per heavy atom. The second-order valence-electron chi connectivity index (χ2n) is 6.33. The zero-order valence-electron chi connectivity index (χ0n) is 13.9. The Hall–Kier alpha value is -2.83. The Morgan fingerprint density at radius 2 is 1.92 bits per heavy atom. The quantitative estimate of drug-likeness (QED) is 0.391. The van der Waals surface area contributed by atoms with Gasteiger partial charge in [0.2, 0.25) is 0 Å². The van der Waals surface area contributed by atoms with Crippen molar-refractivity contribution in [3.8, 4) is 11.5 Å². The summed E-state index contributed by atoms with van der Waals surface area (Å²) >= 11 is 0. The van der Waals surface area contributed by atoms with Gasteiger partial charge in [0.15, 0.2) is 17.7 Å². The molecule has 0 radical (unpaired) electrons. The number of phenolic OH excluding ortho intramolecular Hbond substituents is 1. The second-order valence-corrected chi connectivity index (χ2v) is 6.33. The van der Waals surface area contributed by atoms with Crippen LogP contribution in [-0.4, -0.2) is 21.5 Å². The number of oxime groups is 1. The van der Waals surface area contributed by atoms with E-state index in [1.807, 2.05) is 0 Å². The van der Waals surface area contributed by atoms with Crippen LogP contribution in [0.15, 0.2) is 35.6 Å². The van der Waals surface area contributed by atoms with Crippen molar-refractivity contribution in [3.63, 3.8) is 0 Å². The lowest BCUT2D eigenvalue weighted by Crippen LogP contribution is -2.35. The Bertz CT molecular complexity index is 778. The molecule has 0 bridgehead atoms. The van der Waals surface area contributed by atoms with Crippen molar-refractivity contribution in [3.05, 3.63) is 58.3 Å². The third-order valence-corrected chi connectivity index (χ3v) is 3.11. The van der Waals surface area contributed by atoms with Gasteiger partial charge in [-0.15, -0.1) is 0 Å². The topological polar surface area (TPSA) is 89.0 Å². The fourth-order valence-corrected chi connectivity index (χ4v) is 1.97. The minimum absolute atomic E-state index is 0.0734. The number of halogens is 1. The van der Waals surface area contributed by atoms with Gasteiger partial charge in [-0.25, -0.2) is 4.39 Å². The van der Waals surface area contributed by atoms with E-state index in [9.17, 15) is 19.8 Å². The lowest BCUT2D eigenvalue weighted by Gasteiger charge is -2.17. The highest BCUT2D eigenvalue weighted by Crippen LogP contribution is 2.27. The van der Waals surface area contributed by atoms with E-state index in [1.54, 1.807) is 20.8 Å². The Kier molecular flexibility index (Phi) is 4.64. The van der Waals surface area contributed by atoms with Crippen molar-refractivity contribution >= 4 is 5.71 Å². The average molecular weight is 334 g/mol. The van der Waals surface area contributed by atoms with Crippen molar-refractivity contribution in [1.82, 2.24) is 0 Å². The van der Waals surface area contributed by atoms with Gasteiger partial charge in [-0.2, -0.15) is 4.73 Å². The first-order chi connectivity index (χ1) is 11.1. The van der Waals surface area contributed by atoms with E-state index in [1.165, 1.54) is 31.3 Å². The highest BCUT2D eigenvalue weighted by atomic mass is 19.1. The lowest BCUT2D eigenvalue weighted by molar-refractivity contribution is -0.607. The van der Waals surface area contributed by atoms with Crippen LogP contribution in [0.2, 0.25) is 0 Å². The van der Waals surface area contributed by atoms with Gasteiger partial charge < -0.3 is 20.3 Å². The molecule has 1 aromatic heterocycles. The molecule has 0 saturated heterocycles. The smallest absolute Gasteiger partial charge is 0.288 e. The Morgan fingerprint density at radius 1 is 1.25 bits per heavy atom. The summed E-state index contributed by atoms with van der Waals surface area (Å²) in [4.78, 5) is 5.36. The maximum absolute atomic E-state index is 13.6. The Labute approximate surface area is 139 Å². The number of phenols is 1. The molecule has 24 heavy (non-hydrogen) atoms. The second kappa shape index (κ2) is 6.35. The van der Waals surface area contributed by atoms with Crippen molar-refractivity contribution < 1.29 is 24.2 Å². The molecule has 0 unspecified atom stereocenters. The standard InChI is InChI=1S/C17H19FN2O4/c1-10-8-11(14(22)9-12(10)18)15(19-24-17(2,3)4)16-13(21)6-5-7-20(16)23/h5-9,21-22H,1-4H3. The molecule has 7 heteroatoms. The van der Waals surface area contributed by atoms with E-state index in [-0.39, 0.29) is 28.3 Å². The molecule has 2 N–H and O–H groups in total. The van der Waals surface area contributed by atoms with Crippen LogP contribution in [0.5, 0.6) is 11.5 Å². The molecule has 1 heterocycles. The summed E-state index contributed by atoms with van der Waals surface area (Å²) in [6.07, 6.45) is 1.18. The molecule has 2 aromatic rings. The van der Waals surface area contributed by atoms with Crippen LogP contribution in [-0.2, 0) is 4.84 Å². The average Bonchev–Trinajstić information content (AvgIpc) is 2.45. The lowest BCUT2D eigenvalue weighted by atomic mass is 10.0. The van der Waals surface area contributed by atoms with Gasteiger partial charge in [-0.1, -0.05) is 5.16 Å². The van der Waals surface area contributed by atoms with Crippen LogP contribution in [0.4, 0.5) is 4.39 Å². The minimum Gasteiger partial charge on any atom is -0.618 e. The van der Waals surface area contributed by atoms with Crippen LogP contribution >= 0.6 is 0 Å². The van der Waals surface area contributed by atoms with E-state index in [0.29, 0.717) is 4.73 Å². The number of hydrogen-bond donors (Lipinski definition) is 2. The number of hydrogen-bond acceptors (Lipinski definition) is 5. The van der Waals surface area contributed by atoms with Crippen LogP contribution in [0.1, 0.15) is 37.6 Å². The Balaban J connectivity index is 2.72. The van der Waals surface area contributed by atoms with Gasteiger partial charge in [-0.05, 0) is 45.4 Å². The predicted molar refractivity (Wildman–Crippen MR) is 86.3 cm³/mol. The molecule has 2 rings (SSSR count). The minimum atomic E-state index is -0.673. The maximum Gasteiger partial charge on any atom is 0.288 e. The molecule has 0 fully saturated rings. The summed E-state index contributed by atoms with van der Waals surface area (Å²) in [5.74, 6) is -1.36. The number of aromatic nitrogens is 1. The summed E-state index contributed by atoms with van der Waals surface area (Å²) < 4.78 is 14.0. The van der Waals surface area contributed by atoms with E-state index in [2.05, 4.69) is 5.16 Å². The van der Waals surface area contributed by atoms with Crippen molar-refractivity contribution in [1.29, 1.82) is 0 Å². The van der Waals surface area contributed by atoms with Crippen molar-refractivity contribution in [2.45, 2.75) is 33.3 Å². The number of benzene rings is 1. The van der Waals surface area contributed by atoms with Crippen molar-refractivity contribution in [2.75, 3.05) is 0 Å². The summed E-state index contributed by atoms with van der Waals surface area (Å²) in [5.41, 5.74) is -0.654. The molecular formula is C17H19FN2O4. The number of aryl methyl sites for hydroxylation is 1. The molecule has 1 aromatic carbocycles. The number of aromatic hydroxyl groups is 2. The van der Waals surface area contributed by atoms with Gasteiger partial charge in [0, 0.05) is 12.1 Å². The van der Waals surface area contributed by atoms with Gasteiger partial charge in [-0.3, -0.25) is 0 Å². The number of nitrogens with zero attached hydrogens (tertiary/aromatic N) is 2. The molecule has 0 atom stereocenters. The van der Waals surface area contributed by atoms with Crippen LogP contribution < -0.4 is 4.73 Å². The van der Waals surface area contributed by atoms with Crippen LogP contribution in [0.3, 0.4) is 0 Å². The summed E-state index contributed by atoms with van der Waals surface area (Å²) in [6, 6.07) is 4.93. The molecule has 0 spiro atoms. The first-order valence-electron chi connectivity index (χ1n) is 7.27. The molecule has 6 nitrogen and oxygen atoms in total. The highest BCUT2D eigenvalue weighted by molar-refractivity contribution is 6.13. The van der Waals surface area contributed by atoms with Crippen molar-refractivity contribution in [2.24, 2.45) is 5.16 Å². The van der Waals surface area contributed by atoms with Gasteiger partial charge >= 0.3 is 0 Å². The van der Waals surface area contributed by atoms with Crippen LogP contribution in [0, 0.1) is 17.9 Å². The monoisotopic (exact) mass is 334 g/mol. The first-order valence-corrected chi connectivity index (χ1v) is 7.27. The van der Waals surface area contributed by atoms with E-state index < -0.39 is 17.2 Å². The summed E-state index contributed by atoms with van der Waals surface area (Å²) in [6.45, 7) is 6.76. The SMILES string of the molecule is Cc1cc(C(=NOC(C)(C)C)c2c(O)ccc[n+]2[O-])c(O)cc1F. The molecular weight excluding hydrogens is 315 g/mol. The summed E-state index contributed by atoms with van der Waals surface area (Å²) in [7, 11) is 0. The predicted octanol–water partition coefficient (Wildman–Crippen LogP) is 2.75. The molecule has 0 amide bonds. The molecule has 0 aliphatic heterocycles. The van der Waals surface area contributed by atoms with Gasteiger partial charge in [0.1, 0.15) is 17.2 Å². The third kappa shape index (κ3) is 3.73. The van der Waals surface area contributed by atoms with Gasteiger partial charge in [0.05, 0.1) is 5.56 Å². The van der Waals surface area contributed by atoms with E-state index >= 15 is 0 Å². The number of rotatable bonds is 3.